The summed E-state index contributed by atoms with van der Waals surface area (Å²) >= 11 is 0. The van der Waals surface area contributed by atoms with Crippen molar-refractivity contribution in [1.29, 1.82) is 0 Å². The maximum absolute atomic E-state index is 12.5. The van der Waals surface area contributed by atoms with Crippen LogP contribution in [0.5, 0.6) is 0 Å². The van der Waals surface area contributed by atoms with Crippen LogP contribution in [0.2, 0.25) is 0 Å². The zero-order chi connectivity index (χ0) is 18.8. The molecule has 0 aliphatic carbocycles. The highest BCUT2D eigenvalue weighted by molar-refractivity contribution is 7.86. The number of hydrogen-bond acceptors (Lipinski definition) is 6. The van der Waals surface area contributed by atoms with E-state index < -0.39 is 27.9 Å². The Bertz CT molecular complexity index is 706. The average molecular weight is 369 g/mol. The Labute approximate surface area is 150 Å². The van der Waals surface area contributed by atoms with Crippen molar-refractivity contribution in [1.82, 2.24) is 5.32 Å². The molecule has 1 heterocycles. The molecule has 0 saturated carbocycles. The van der Waals surface area contributed by atoms with Crippen LogP contribution < -0.4 is 5.32 Å². The van der Waals surface area contributed by atoms with Gasteiger partial charge in [-0.1, -0.05) is 29.8 Å². The van der Waals surface area contributed by atoms with Gasteiger partial charge in [0.25, 0.3) is 10.1 Å². The minimum absolute atomic E-state index is 0.327. The molecule has 140 valence electrons. The van der Waals surface area contributed by atoms with Gasteiger partial charge in [0, 0.05) is 5.92 Å². The molecule has 25 heavy (non-hydrogen) atoms. The number of carbonyl (C=O) groups excluding carboxylic acids is 1. The van der Waals surface area contributed by atoms with E-state index in [4.69, 9.17) is 8.92 Å². The highest BCUT2D eigenvalue weighted by atomic mass is 32.2. The summed E-state index contributed by atoms with van der Waals surface area (Å²) in [4.78, 5) is 12.5. The number of esters is 1. The molecule has 1 aliphatic rings. The predicted octanol–water partition coefficient (Wildman–Crippen LogP) is 2.33. The number of benzene rings is 1. The Kier molecular flexibility index (Phi) is 5.91. The van der Waals surface area contributed by atoms with Gasteiger partial charge in [-0.3, -0.25) is 8.98 Å². The third kappa shape index (κ3) is 5.80. The highest BCUT2D eigenvalue weighted by Crippen LogP contribution is 2.36. The second-order valence-corrected chi connectivity index (χ2v) is 9.15. The maximum Gasteiger partial charge on any atom is 0.324 e. The van der Waals surface area contributed by atoms with E-state index in [0.717, 1.165) is 17.4 Å². The van der Waals surface area contributed by atoms with Gasteiger partial charge in [0.2, 0.25) is 0 Å². The first-order chi connectivity index (χ1) is 11.5. The van der Waals surface area contributed by atoms with Gasteiger partial charge in [-0.25, -0.2) is 0 Å². The Hall–Kier alpha value is -1.44. The van der Waals surface area contributed by atoms with Gasteiger partial charge in [0.1, 0.15) is 17.7 Å². The van der Waals surface area contributed by atoms with Crippen LogP contribution in [0.3, 0.4) is 0 Å². The lowest BCUT2D eigenvalue weighted by molar-refractivity contribution is -0.159. The van der Waals surface area contributed by atoms with Crippen molar-refractivity contribution in [3.8, 4) is 0 Å². The van der Waals surface area contributed by atoms with Gasteiger partial charge in [0.05, 0.1) is 6.26 Å². The van der Waals surface area contributed by atoms with Crippen molar-refractivity contribution in [2.75, 3.05) is 12.8 Å². The molecular weight excluding hydrogens is 342 g/mol. The van der Waals surface area contributed by atoms with E-state index in [0.29, 0.717) is 13.0 Å². The number of rotatable bonds is 5. The van der Waals surface area contributed by atoms with Crippen LogP contribution in [0.25, 0.3) is 0 Å². The lowest BCUT2D eigenvalue weighted by Crippen LogP contribution is -2.43. The first-order valence-corrected chi connectivity index (χ1v) is 10.2. The van der Waals surface area contributed by atoms with Gasteiger partial charge in [-0.2, -0.15) is 8.42 Å². The Morgan fingerprint density at radius 3 is 2.36 bits per heavy atom. The Balaban J connectivity index is 2.32. The zero-order valence-electron chi connectivity index (χ0n) is 15.4. The van der Waals surface area contributed by atoms with E-state index in [1.54, 1.807) is 20.8 Å². The van der Waals surface area contributed by atoms with E-state index >= 15 is 0 Å². The summed E-state index contributed by atoms with van der Waals surface area (Å²) in [7, 11) is -3.68. The van der Waals surface area contributed by atoms with E-state index in [1.165, 1.54) is 0 Å². The van der Waals surface area contributed by atoms with Crippen molar-refractivity contribution in [3.05, 3.63) is 35.4 Å². The smallest absolute Gasteiger partial charge is 0.324 e. The van der Waals surface area contributed by atoms with Crippen LogP contribution in [0, 0.1) is 12.8 Å². The van der Waals surface area contributed by atoms with E-state index in [-0.39, 0.29) is 11.9 Å². The second-order valence-electron chi connectivity index (χ2n) is 7.55. The molecule has 1 aromatic rings. The zero-order valence-corrected chi connectivity index (χ0v) is 16.2. The standard InChI is InChI=1S/C18H27NO5S/c1-12-6-8-13(9-7-12)16(24-25(5,21)22)14-10-11-19-15(14)17(20)23-18(2,3)4/h6-9,14-16,19H,10-11H2,1-5H3/t14-,15?,16?/m1/s1. The molecule has 0 radical (unpaired) electrons. The summed E-state index contributed by atoms with van der Waals surface area (Å²) in [6.45, 7) is 7.97. The predicted molar refractivity (Wildman–Crippen MR) is 95.6 cm³/mol. The van der Waals surface area contributed by atoms with E-state index in [2.05, 4.69) is 5.32 Å². The second kappa shape index (κ2) is 7.43. The van der Waals surface area contributed by atoms with Gasteiger partial charge >= 0.3 is 5.97 Å². The van der Waals surface area contributed by atoms with Crippen LogP contribution in [-0.2, 0) is 23.8 Å². The minimum Gasteiger partial charge on any atom is -0.459 e. The fraction of sp³-hybridized carbons (Fsp3) is 0.611. The van der Waals surface area contributed by atoms with Crippen LogP contribution in [-0.4, -0.2) is 38.8 Å². The minimum atomic E-state index is -3.68. The normalized spacial score (nSPS) is 22.6. The molecular formula is C18H27NO5S. The molecule has 1 fully saturated rings. The first kappa shape index (κ1) is 19.9. The summed E-state index contributed by atoms with van der Waals surface area (Å²) in [5.74, 6) is -0.712. The molecule has 2 rings (SSSR count). The maximum atomic E-state index is 12.5. The molecule has 2 unspecified atom stereocenters. The topological polar surface area (TPSA) is 81.7 Å². The average Bonchev–Trinajstić information content (AvgIpc) is 2.92. The fourth-order valence-corrected chi connectivity index (χ4v) is 3.62. The van der Waals surface area contributed by atoms with Crippen LogP contribution in [0.1, 0.15) is 44.4 Å². The first-order valence-electron chi connectivity index (χ1n) is 8.37. The molecule has 1 aliphatic heterocycles. The van der Waals surface area contributed by atoms with Gasteiger partial charge in [-0.15, -0.1) is 0 Å². The number of aryl methyl sites for hydroxylation is 1. The largest absolute Gasteiger partial charge is 0.459 e. The molecule has 6 nitrogen and oxygen atoms in total. The molecule has 0 bridgehead atoms. The van der Waals surface area contributed by atoms with Crippen LogP contribution in [0.15, 0.2) is 24.3 Å². The SMILES string of the molecule is Cc1ccc(C(OS(C)(=O)=O)[C@@H]2CCNC2C(=O)OC(C)(C)C)cc1. The summed E-state index contributed by atoms with van der Waals surface area (Å²) in [6.07, 6.45) is 0.917. The molecule has 3 atom stereocenters. The summed E-state index contributed by atoms with van der Waals surface area (Å²) in [6, 6.07) is 6.88. The van der Waals surface area contributed by atoms with Crippen molar-refractivity contribution in [3.63, 3.8) is 0 Å². The molecule has 7 heteroatoms. The van der Waals surface area contributed by atoms with Gasteiger partial charge in [-0.05, 0) is 46.2 Å². The summed E-state index contributed by atoms with van der Waals surface area (Å²) in [5.41, 5.74) is 1.19. The molecule has 0 aromatic heterocycles. The number of hydrogen-bond donors (Lipinski definition) is 1. The third-order valence-electron chi connectivity index (χ3n) is 4.00. The third-order valence-corrected chi connectivity index (χ3v) is 4.56. The fourth-order valence-electron chi connectivity index (χ4n) is 2.99. The monoisotopic (exact) mass is 369 g/mol. The van der Waals surface area contributed by atoms with Crippen molar-refractivity contribution < 1.29 is 22.1 Å². The molecule has 1 saturated heterocycles. The Morgan fingerprint density at radius 2 is 1.84 bits per heavy atom. The molecule has 1 aromatic carbocycles. The Morgan fingerprint density at radius 1 is 1.24 bits per heavy atom. The van der Waals surface area contributed by atoms with Crippen molar-refractivity contribution in [2.24, 2.45) is 5.92 Å². The lowest BCUT2D eigenvalue weighted by atomic mass is 9.89. The van der Waals surface area contributed by atoms with E-state index in [1.807, 2.05) is 31.2 Å². The summed E-state index contributed by atoms with van der Waals surface area (Å²) in [5, 5.41) is 3.13. The highest BCUT2D eigenvalue weighted by Gasteiger charge is 2.42. The van der Waals surface area contributed by atoms with Gasteiger partial charge in [0.15, 0.2) is 0 Å². The quantitative estimate of drug-likeness (QED) is 0.634. The van der Waals surface area contributed by atoms with Gasteiger partial charge < -0.3 is 10.1 Å². The molecule has 0 amide bonds. The van der Waals surface area contributed by atoms with Crippen LogP contribution >= 0.6 is 0 Å². The van der Waals surface area contributed by atoms with Crippen molar-refractivity contribution >= 4 is 16.1 Å². The van der Waals surface area contributed by atoms with Crippen LogP contribution in [0.4, 0.5) is 0 Å². The number of nitrogens with one attached hydrogen (secondary N) is 1. The number of ether oxygens (including phenoxy) is 1. The molecule has 1 N–H and O–H groups in total. The summed E-state index contributed by atoms with van der Waals surface area (Å²) < 4.78 is 34.4. The number of carbonyl (C=O) groups is 1. The lowest BCUT2D eigenvalue weighted by Gasteiger charge is -2.29. The van der Waals surface area contributed by atoms with E-state index in [9.17, 15) is 13.2 Å². The molecule has 0 spiro atoms. The van der Waals surface area contributed by atoms with Crippen molar-refractivity contribution in [2.45, 2.75) is 51.9 Å².